The molecule has 1 aromatic carbocycles. The third-order valence-electron chi connectivity index (χ3n) is 3.98. The molecule has 3 aromatic rings. The zero-order chi connectivity index (χ0) is 15.1. The second-order valence-electron chi connectivity index (χ2n) is 5.36. The molecule has 0 fully saturated rings. The number of fused-ring (bicyclic) bond motifs is 2. The maximum absolute atomic E-state index is 13.8. The topological polar surface area (TPSA) is 61.9 Å². The summed E-state index contributed by atoms with van der Waals surface area (Å²) in [6, 6.07) is 8.13. The van der Waals surface area contributed by atoms with Gasteiger partial charge < -0.3 is 4.90 Å². The molecule has 6 heteroatoms. The standard InChI is InChI=1S/C16H13FN4O/c17-12-3-1-2-10-4-5-14(19-15(10)12)16(22)21-7-6-13-11(9-21)8-18-20-13/h1-5,8H,6-7,9H2,(H,18,20). The lowest BCUT2D eigenvalue weighted by atomic mass is 10.1. The Balaban J connectivity index is 1.67. The Hall–Kier alpha value is -2.76. The molecule has 0 spiro atoms. The number of amides is 1. The molecule has 0 saturated heterocycles. The van der Waals surface area contributed by atoms with Gasteiger partial charge in [0.15, 0.2) is 0 Å². The first-order valence-electron chi connectivity index (χ1n) is 7.08. The van der Waals surface area contributed by atoms with Gasteiger partial charge in [-0.25, -0.2) is 9.37 Å². The minimum atomic E-state index is -0.414. The van der Waals surface area contributed by atoms with Crippen molar-refractivity contribution >= 4 is 16.8 Å². The monoisotopic (exact) mass is 296 g/mol. The lowest BCUT2D eigenvalue weighted by Crippen LogP contribution is -2.36. The molecule has 0 unspecified atom stereocenters. The second kappa shape index (κ2) is 4.91. The van der Waals surface area contributed by atoms with Gasteiger partial charge in [0.1, 0.15) is 17.0 Å². The third-order valence-corrected chi connectivity index (χ3v) is 3.98. The summed E-state index contributed by atoms with van der Waals surface area (Å²) < 4.78 is 13.8. The van der Waals surface area contributed by atoms with Gasteiger partial charge in [-0.15, -0.1) is 0 Å². The molecule has 0 aliphatic carbocycles. The largest absolute Gasteiger partial charge is 0.332 e. The zero-order valence-electron chi connectivity index (χ0n) is 11.7. The van der Waals surface area contributed by atoms with Gasteiger partial charge in [-0.1, -0.05) is 18.2 Å². The quantitative estimate of drug-likeness (QED) is 0.749. The number of hydrogen-bond acceptors (Lipinski definition) is 3. The fraction of sp³-hybridized carbons (Fsp3) is 0.188. The van der Waals surface area contributed by atoms with E-state index in [0.29, 0.717) is 18.5 Å². The summed E-state index contributed by atoms with van der Waals surface area (Å²) in [7, 11) is 0. The number of pyridine rings is 1. The summed E-state index contributed by atoms with van der Waals surface area (Å²) in [6.45, 7) is 1.10. The molecule has 3 heterocycles. The van der Waals surface area contributed by atoms with Crippen molar-refractivity contribution in [1.82, 2.24) is 20.1 Å². The van der Waals surface area contributed by atoms with Crippen LogP contribution in [0.25, 0.3) is 10.9 Å². The van der Waals surface area contributed by atoms with Crippen molar-refractivity contribution in [2.75, 3.05) is 6.54 Å². The van der Waals surface area contributed by atoms with Crippen LogP contribution in [0.3, 0.4) is 0 Å². The molecule has 0 atom stereocenters. The smallest absolute Gasteiger partial charge is 0.272 e. The molecule has 1 N–H and O–H groups in total. The van der Waals surface area contributed by atoms with E-state index in [9.17, 15) is 9.18 Å². The summed E-state index contributed by atoms with van der Waals surface area (Å²) in [5.74, 6) is -0.597. The average molecular weight is 296 g/mol. The summed E-state index contributed by atoms with van der Waals surface area (Å²) in [5.41, 5.74) is 2.59. The highest BCUT2D eigenvalue weighted by molar-refractivity contribution is 5.95. The molecule has 4 rings (SSSR count). The van der Waals surface area contributed by atoms with E-state index in [0.717, 1.165) is 17.7 Å². The third kappa shape index (κ3) is 2.04. The van der Waals surface area contributed by atoms with Crippen molar-refractivity contribution in [1.29, 1.82) is 0 Å². The Labute approximate surface area is 125 Å². The second-order valence-corrected chi connectivity index (χ2v) is 5.36. The number of carbonyl (C=O) groups excluding carboxylic acids is 1. The van der Waals surface area contributed by atoms with Crippen LogP contribution in [-0.4, -0.2) is 32.5 Å². The molecule has 22 heavy (non-hydrogen) atoms. The van der Waals surface area contributed by atoms with Crippen LogP contribution in [0.1, 0.15) is 21.7 Å². The fourth-order valence-corrected chi connectivity index (χ4v) is 2.79. The number of nitrogens with one attached hydrogen (secondary N) is 1. The summed E-state index contributed by atoms with van der Waals surface area (Å²) in [4.78, 5) is 18.5. The number of carbonyl (C=O) groups is 1. The first-order valence-corrected chi connectivity index (χ1v) is 7.08. The molecule has 0 bridgehead atoms. The number of aromatic nitrogens is 3. The Kier molecular flexibility index (Phi) is 2.89. The Morgan fingerprint density at radius 2 is 2.18 bits per heavy atom. The van der Waals surface area contributed by atoms with E-state index >= 15 is 0 Å². The lowest BCUT2D eigenvalue weighted by molar-refractivity contribution is 0.0729. The molecule has 1 aliphatic heterocycles. The van der Waals surface area contributed by atoms with E-state index in [1.165, 1.54) is 6.07 Å². The van der Waals surface area contributed by atoms with Crippen LogP contribution in [0.4, 0.5) is 4.39 Å². The van der Waals surface area contributed by atoms with E-state index in [2.05, 4.69) is 15.2 Å². The number of nitrogens with zero attached hydrogens (tertiary/aromatic N) is 3. The van der Waals surface area contributed by atoms with Gasteiger partial charge in [0.25, 0.3) is 5.91 Å². The molecule has 5 nitrogen and oxygen atoms in total. The highest BCUT2D eigenvalue weighted by atomic mass is 19.1. The van der Waals surface area contributed by atoms with Crippen molar-refractivity contribution in [3.8, 4) is 0 Å². The predicted molar refractivity (Wildman–Crippen MR) is 78.7 cm³/mol. The van der Waals surface area contributed by atoms with Gasteiger partial charge in [-0.05, 0) is 12.1 Å². The minimum Gasteiger partial charge on any atom is -0.332 e. The normalized spacial score (nSPS) is 14.1. The van der Waals surface area contributed by atoms with Crippen LogP contribution >= 0.6 is 0 Å². The fourth-order valence-electron chi connectivity index (χ4n) is 2.79. The molecule has 0 saturated carbocycles. The maximum Gasteiger partial charge on any atom is 0.272 e. The van der Waals surface area contributed by atoms with Crippen molar-refractivity contribution in [3.05, 3.63) is 59.3 Å². The Morgan fingerprint density at radius 1 is 1.27 bits per heavy atom. The van der Waals surface area contributed by atoms with Crippen molar-refractivity contribution in [3.63, 3.8) is 0 Å². The number of halogens is 1. The van der Waals surface area contributed by atoms with E-state index < -0.39 is 5.82 Å². The van der Waals surface area contributed by atoms with Crippen LogP contribution in [-0.2, 0) is 13.0 Å². The summed E-state index contributed by atoms with van der Waals surface area (Å²) >= 11 is 0. The number of aromatic amines is 1. The molecule has 1 amide bonds. The van der Waals surface area contributed by atoms with Crippen LogP contribution in [0.2, 0.25) is 0 Å². The number of para-hydroxylation sites is 1. The Morgan fingerprint density at radius 3 is 3.09 bits per heavy atom. The highest BCUT2D eigenvalue weighted by Crippen LogP contribution is 2.20. The van der Waals surface area contributed by atoms with Gasteiger partial charge in [0.2, 0.25) is 0 Å². The summed E-state index contributed by atoms with van der Waals surface area (Å²) in [5, 5.41) is 7.62. The molecular weight excluding hydrogens is 283 g/mol. The number of rotatable bonds is 1. The molecule has 0 radical (unpaired) electrons. The van der Waals surface area contributed by atoms with Crippen LogP contribution < -0.4 is 0 Å². The highest BCUT2D eigenvalue weighted by Gasteiger charge is 2.24. The lowest BCUT2D eigenvalue weighted by Gasteiger charge is -2.26. The molecule has 1 aliphatic rings. The van der Waals surface area contributed by atoms with Gasteiger partial charge in [-0.2, -0.15) is 5.10 Å². The van der Waals surface area contributed by atoms with Gasteiger partial charge in [-0.3, -0.25) is 9.89 Å². The van der Waals surface area contributed by atoms with E-state index in [4.69, 9.17) is 0 Å². The van der Waals surface area contributed by atoms with Crippen LogP contribution in [0.5, 0.6) is 0 Å². The molecule has 2 aromatic heterocycles. The van der Waals surface area contributed by atoms with E-state index in [1.807, 2.05) is 0 Å². The molecular formula is C16H13FN4O. The van der Waals surface area contributed by atoms with E-state index in [-0.39, 0.29) is 17.1 Å². The maximum atomic E-state index is 13.8. The first-order chi connectivity index (χ1) is 10.7. The van der Waals surface area contributed by atoms with Crippen LogP contribution in [0, 0.1) is 5.82 Å². The summed E-state index contributed by atoms with van der Waals surface area (Å²) in [6.07, 6.45) is 2.48. The van der Waals surface area contributed by atoms with Crippen molar-refractivity contribution in [2.24, 2.45) is 0 Å². The zero-order valence-corrected chi connectivity index (χ0v) is 11.7. The Bertz CT molecular complexity index is 873. The van der Waals surface area contributed by atoms with Crippen molar-refractivity contribution < 1.29 is 9.18 Å². The van der Waals surface area contributed by atoms with Crippen molar-refractivity contribution in [2.45, 2.75) is 13.0 Å². The SMILES string of the molecule is O=C(c1ccc2cccc(F)c2n1)N1CCc2[nH]ncc2C1. The number of benzene rings is 1. The van der Waals surface area contributed by atoms with Gasteiger partial charge in [0, 0.05) is 36.2 Å². The van der Waals surface area contributed by atoms with Gasteiger partial charge in [0.05, 0.1) is 6.20 Å². The number of hydrogen-bond donors (Lipinski definition) is 1. The van der Waals surface area contributed by atoms with E-state index in [1.54, 1.807) is 35.4 Å². The first kappa shape index (κ1) is 12.9. The van der Waals surface area contributed by atoms with Gasteiger partial charge >= 0.3 is 0 Å². The number of H-pyrrole nitrogens is 1. The minimum absolute atomic E-state index is 0.183. The predicted octanol–water partition coefficient (Wildman–Crippen LogP) is 2.30. The molecule has 110 valence electrons. The van der Waals surface area contributed by atoms with Crippen LogP contribution in [0.15, 0.2) is 36.5 Å². The average Bonchev–Trinajstić information content (AvgIpc) is 3.02.